The van der Waals surface area contributed by atoms with Gasteiger partial charge in [0.15, 0.2) is 5.13 Å². The van der Waals surface area contributed by atoms with Gasteiger partial charge in [0, 0.05) is 49.2 Å². The lowest BCUT2D eigenvalue weighted by Crippen LogP contribution is -2.44. The molecule has 1 saturated heterocycles. The summed E-state index contributed by atoms with van der Waals surface area (Å²) < 4.78 is 7.53. The average Bonchev–Trinajstić information content (AvgIpc) is 3.47. The van der Waals surface area contributed by atoms with Crippen molar-refractivity contribution < 1.29 is 9.53 Å². The van der Waals surface area contributed by atoms with Gasteiger partial charge in [-0.05, 0) is 38.1 Å². The minimum atomic E-state index is -0.254. The van der Waals surface area contributed by atoms with Crippen molar-refractivity contribution in [2.75, 3.05) is 18.4 Å². The van der Waals surface area contributed by atoms with Crippen LogP contribution in [-0.4, -0.2) is 55.9 Å². The summed E-state index contributed by atoms with van der Waals surface area (Å²) in [5, 5.41) is 10.2. The van der Waals surface area contributed by atoms with Gasteiger partial charge in [-0.15, -0.1) is 11.3 Å². The predicted molar refractivity (Wildman–Crippen MR) is 132 cm³/mol. The molecule has 0 bridgehead atoms. The predicted octanol–water partition coefficient (Wildman–Crippen LogP) is 4.25. The van der Waals surface area contributed by atoms with E-state index in [1.54, 1.807) is 23.3 Å². The summed E-state index contributed by atoms with van der Waals surface area (Å²) in [6, 6.07) is 13.4. The van der Waals surface area contributed by atoms with E-state index in [1.165, 1.54) is 11.3 Å². The third-order valence-electron chi connectivity index (χ3n) is 5.57. The van der Waals surface area contributed by atoms with Crippen LogP contribution < -0.4 is 5.32 Å². The Morgan fingerprint density at radius 2 is 1.94 bits per heavy atom. The Labute approximate surface area is 202 Å². The summed E-state index contributed by atoms with van der Waals surface area (Å²) in [7, 11) is 0. The van der Waals surface area contributed by atoms with Crippen molar-refractivity contribution in [1.82, 2.24) is 24.6 Å². The van der Waals surface area contributed by atoms with Crippen LogP contribution in [0.5, 0.6) is 0 Å². The smallest absolute Gasteiger partial charge is 0.261 e. The molecule has 2 atom stereocenters. The lowest BCUT2D eigenvalue weighted by molar-refractivity contribution is -0.0707. The molecule has 1 aliphatic heterocycles. The minimum Gasteiger partial charge on any atom is -0.373 e. The summed E-state index contributed by atoms with van der Waals surface area (Å²) in [5.41, 5.74) is 3.62. The van der Waals surface area contributed by atoms with E-state index >= 15 is 0 Å². The highest BCUT2D eigenvalue weighted by atomic mass is 32.1. The Kier molecular flexibility index (Phi) is 6.48. The van der Waals surface area contributed by atoms with Crippen LogP contribution in [0.15, 0.2) is 66.4 Å². The van der Waals surface area contributed by atoms with Gasteiger partial charge < -0.3 is 4.74 Å². The number of carbonyl (C=O) groups is 1. The normalized spacial score (nSPS) is 18.6. The topological polar surface area (TPSA) is 85.2 Å². The molecule has 34 heavy (non-hydrogen) atoms. The third-order valence-corrected chi connectivity index (χ3v) is 6.37. The van der Waals surface area contributed by atoms with Gasteiger partial charge in [0.25, 0.3) is 5.91 Å². The zero-order chi connectivity index (χ0) is 23.5. The summed E-state index contributed by atoms with van der Waals surface area (Å²) in [4.78, 5) is 24.5. The van der Waals surface area contributed by atoms with Crippen LogP contribution in [0.3, 0.4) is 0 Å². The van der Waals surface area contributed by atoms with Crippen LogP contribution in [0, 0.1) is 0 Å². The average molecular weight is 475 g/mol. The first-order valence-corrected chi connectivity index (χ1v) is 12.1. The quantitative estimate of drug-likeness (QED) is 0.450. The lowest BCUT2D eigenvalue weighted by Gasteiger charge is -2.34. The fraction of sp³-hybridized carbons (Fsp3) is 0.280. The van der Waals surface area contributed by atoms with E-state index in [4.69, 9.17) is 9.84 Å². The van der Waals surface area contributed by atoms with Gasteiger partial charge in [0.2, 0.25) is 0 Å². The van der Waals surface area contributed by atoms with Crippen molar-refractivity contribution in [1.29, 1.82) is 0 Å². The number of para-hydroxylation sites is 1. The second kappa shape index (κ2) is 9.84. The van der Waals surface area contributed by atoms with Crippen molar-refractivity contribution in [2.45, 2.75) is 32.6 Å². The number of thiazole rings is 1. The van der Waals surface area contributed by atoms with E-state index < -0.39 is 0 Å². The molecule has 4 heterocycles. The number of carbonyl (C=O) groups excluding carboxylic acids is 1. The molecule has 0 radical (unpaired) electrons. The summed E-state index contributed by atoms with van der Waals surface area (Å²) >= 11 is 1.43. The monoisotopic (exact) mass is 474 g/mol. The number of hydrogen-bond acceptors (Lipinski definition) is 7. The Morgan fingerprint density at radius 3 is 2.68 bits per heavy atom. The Balaban J connectivity index is 1.36. The number of ether oxygens (including phenoxy) is 1. The van der Waals surface area contributed by atoms with Gasteiger partial charge in [0.1, 0.15) is 5.69 Å². The molecular formula is C25H26N6O2S. The van der Waals surface area contributed by atoms with E-state index in [0.29, 0.717) is 16.4 Å². The van der Waals surface area contributed by atoms with Crippen molar-refractivity contribution in [2.24, 2.45) is 0 Å². The number of hydrogen-bond donors (Lipinski definition) is 1. The van der Waals surface area contributed by atoms with Gasteiger partial charge in [-0.1, -0.05) is 18.2 Å². The molecule has 1 fully saturated rings. The number of aromatic nitrogens is 4. The second-order valence-electron chi connectivity index (χ2n) is 8.46. The van der Waals surface area contributed by atoms with Crippen molar-refractivity contribution in [3.63, 3.8) is 0 Å². The molecule has 0 saturated carbocycles. The fourth-order valence-corrected chi connectivity index (χ4v) is 4.91. The molecule has 4 aromatic rings. The van der Waals surface area contributed by atoms with Crippen LogP contribution in [0.2, 0.25) is 0 Å². The van der Waals surface area contributed by atoms with Gasteiger partial charge in [-0.2, -0.15) is 5.10 Å². The first-order valence-electron chi connectivity index (χ1n) is 11.2. The molecule has 1 aromatic carbocycles. The highest BCUT2D eigenvalue weighted by Gasteiger charge is 2.23. The molecule has 0 aliphatic carbocycles. The molecule has 5 rings (SSSR count). The zero-order valence-corrected chi connectivity index (χ0v) is 19.9. The van der Waals surface area contributed by atoms with Crippen molar-refractivity contribution >= 4 is 22.4 Å². The van der Waals surface area contributed by atoms with E-state index in [2.05, 4.69) is 34.0 Å². The van der Waals surface area contributed by atoms with Gasteiger partial charge in [-0.3, -0.25) is 20.0 Å². The number of amides is 1. The number of nitrogens with zero attached hydrogens (tertiary/aromatic N) is 5. The first-order chi connectivity index (χ1) is 16.5. The standard InChI is InChI=1S/C25H26N6O2S/c1-17-12-30(13-18(2)33-17)14-20-16-34-25(27-20)28-24(32)22-15-31(21-8-4-3-5-9-21)29-23(22)19-7-6-10-26-11-19/h3-11,15-18H,12-14H2,1-2H3,(H,27,28,32). The van der Waals surface area contributed by atoms with E-state index in [9.17, 15) is 4.79 Å². The first kappa shape index (κ1) is 22.4. The third kappa shape index (κ3) is 5.06. The summed E-state index contributed by atoms with van der Waals surface area (Å²) in [5.74, 6) is -0.254. The highest BCUT2D eigenvalue weighted by Crippen LogP contribution is 2.25. The summed E-state index contributed by atoms with van der Waals surface area (Å²) in [6.45, 7) is 6.65. The maximum absolute atomic E-state index is 13.3. The van der Waals surface area contributed by atoms with Crippen LogP contribution in [0.4, 0.5) is 5.13 Å². The van der Waals surface area contributed by atoms with E-state index in [1.807, 2.05) is 47.8 Å². The van der Waals surface area contributed by atoms with Crippen molar-refractivity contribution in [3.05, 3.63) is 77.7 Å². The maximum Gasteiger partial charge on any atom is 0.261 e. The molecule has 8 nitrogen and oxygen atoms in total. The largest absolute Gasteiger partial charge is 0.373 e. The second-order valence-corrected chi connectivity index (χ2v) is 9.32. The minimum absolute atomic E-state index is 0.202. The van der Waals surface area contributed by atoms with Crippen molar-refractivity contribution in [3.8, 4) is 16.9 Å². The van der Waals surface area contributed by atoms with E-state index in [-0.39, 0.29) is 18.1 Å². The highest BCUT2D eigenvalue weighted by molar-refractivity contribution is 7.14. The Hall–Kier alpha value is -3.40. The molecule has 1 aliphatic rings. The van der Waals surface area contributed by atoms with Crippen LogP contribution in [0.1, 0.15) is 29.9 Å². The fourth-order valence-electron chi connectivity index (χ4n) is 4.21. The van der Waals surface area contributed by atoms with E-state index in [0.717, 1.165) is 36.6 Å². The number of pyridine rings is 1. The SMILES string of the molecule is CC1CN(Cc2csc(NC(=O)c3cn(-c4ccccc4)nc3-c3cccnc3)n2)CC(C)O1. The molecule has 1 N–H and O–H groups in total. The van der Waals surface area contributed by atoms with Gasteiger partial charge >= 0.3 is 0 Å². The molecule has 0 spiro atoms. The van der Waals surface area contributed by atoms with Crippen LogP contribution >= 0.6 is 11.3 Å². The zero-order valence-electron chi connectivity index (χ0n) is 19.1. The molecular weight excluding hydrogens is 448 g/mol. The Bertz CT molecular complexity index is 1250. The number of anilines is 1. The molecule has 3 aromatic heterocycles. The molecule has 2 unspecified atom stereocenters. The molecule has 174 valence electrons. The molecule has 1 amide bonds. The van der Waals surface area contributed by atoms with Gasteiger partial charge in [-0.25, -0.2) is 9.67 Å². The number of morpholine rings is 1. The summed E-state index contributed by atoms with van der Waals surface area (Å²) in [6.07, 6.45) is 5.56. The van der Waals surface area contributed by atoms with Crippen LogP contribution in [-0.2, 0) is 11.3 Å². The lowest BCUT2D eigenvalue weighted by atomic mass is 10.1. The number of benzene rings is 1. The number of nitrogens with one attached hydrogen (secondary N) is 1. The number of rotatable bonds is 6. The van der Waals surface area contributed by atoms with Crippen LogP contribution in [0.25, 0.3) is 16.9 Å². The van der Waals surface area contributed by atoms with Gasteiger partial charge in [0.05, 0.1) is 29.2 Å². The molecule has 9 heteroatoms. The Morgan fingerprint density at radius 1 is 1.15 bits per heavy atom. The maximum atomic E-state index is 13.3.